The molecular weight excluding hydrogens is 328 g/mol. The number of hydrogen-bond donors (Lipinski definition) is 1. The maximum atomic E-state index is 12.2. The first-order chi connectivity index (χ1) is 12.7. The molecule has 0 spiro atoms. The normalized spacial score (nSPS) is 15.4. The summed E-state index contributed by atoms with van der Waals surface area (Å²) in [6.07, 6.45) is 7.81. The van der Waals surface area contributed by atoms with Crippen molar-refractivity contribution in [2.24, 2.45) is 0 Å². The van der Waals surface area contributed by atoms with Gasteiger partial charge in [-0.05, 0) is 56.9 Å². The first-order valence-electron chi connectivity index (χ1n) is 9.32. The molecular formula is C20H26N4O2. The first kappa shape index (κ1) is 18.2. The van der Waals surface area contributed by atoms with Gasteiger partial charge in [-0.1, -0.05) is 6.92 Å². The molecule has 0 saturated carbocycles. The fourth-order valence-electron chi connectivity index (χ4n) is 2.91. The lowest BCUT2D eigenvalue weighted by Gasteiger charge is -2.28. The maximum absolute atomic E-state index is 12.2. The van der Waals surface area contributed by atoms with E-state index in [4.69, 9.17) is 4.74 Å². The van der Waals surface area contributed by atoms with Crippen molar-refractivity contribution in [3.8, 4) is 11.6 Å². The van der Waals surface area contributed by atoms with Gasteiger partial charge in [-0.3, -0.25) is 4.79 Å². The number of amides is 1. The summed E-state index contributed by atoms with van der Waals surface area (Å²) in [6.45, 7) is 5.99. The molecule has 2 aromatic rings. The van der Waals surface area contributed by atoms with Crippen LogP contribution in [-0.2, 0) is 0 Å². The van der Waals surface area contributed by atoms with Gasteiger partial charge >= 0.3 is 0 Å². The monoisotopic (exact) mass is 354 g/mol. The number of rotatable bonds is 6. The molecule has 138 valence electrons. The average Bonchev–Trinajstić information content (AvgIpc) is 2.69. The fraction of sp³-hybridized carbons (Fsp3) is 0.450. The van der Waals surface area contributed by atoms with Crippen LogP contribution >= 0.6 is 0 Å². The van der Waals surface area contributed by atoms with Gasteiger partial charge in [-0.15, -0.1) is 0 Å². The van der Waals surface area contributed by atoms with Crippen LogP contribution in [0, 0.1) is 0 Å². The van der Waals surface area contributed by atoms with E-state index in [1.54, 1.807) is 36.7 Å². The zero-order valence-corrected chi connectivity index (χ0v) is 15.4. The number of nitrogens with zero attached hydrogens (tertiary/aromatic N) is 3. The van der Waals surface area contributed by atoms with Crippen LogP contribution in [0.2, 0.25) is 0 Å². The Kier molecular flexibility index (Phi) is 6.04. The first-order valence-corrected chi connectivity index (χ1v) is 9.32. The van der Waals surface area contributed by atoms with Crippen LogP contribution in [0.25, 0.3) is 0 Å². The SMILES string of the molecule is CCC(C)NC(=O)c1ccc(Oc2nccnc2N2CCCCC2)cc1. The highest BCUT2D eigenvalue weighted by atomic mass is 16.5. The van der Waals surface area contributed by atoms with Gasteiger partial charge in [0, 0.05) is 37.1 Å². The lowest BCUT2D eigenvalue weighted by atomic mass is 10.1. The van der Waals surface area contributed by atoms with Crippen LogP contribution in [0.1, 0.15) is 49.9 Å². The van der Waals surface area contributed by atoms with Gasteiger partial charge < -0.3 is 15.0 Å². The smallest absolute Gasteiger partial charge is 0.263 e. The van der Waals surface area contributed by atoms with E-state index < -0.39 is 0 Å². The summed E-state index contributed by atoms with van der Waals surface area (Å²) < 4.78 is 5.95. The molecule has 6 nitrogen and oxygen atoms in total. The molecule has 1 aromatic heterocycles. The second-order valence-corrected chi connectivity index (χ2v) is 6.64. The lowest BCUT2D eigenvalue weighted by molar-refractivity contribution is 0.0939. The minimum Gasteiger partial charge on any atom is -0.436 e. The van der Waals surface area contributed by atoms with Crippen molar-refractivity contribution in [1.29, 1.82) is 0 Å². The van der Waals surface area contributed by atoms with E-state index in [1.807, 2.05) is 13.8 Å². The molecule has 1 aliphatic heterocycles. The van der Waals surface area contributed by atoms with E-state index in [9.17, 15) is 4.79 Å². The summed E-state index contributed by atoms with van der Waals surface area (Å²) in [5, 5.41) is 2.96. The van der Waals surface area contributed by atoms with E-state index in [1.165, 1.54) is 6.42 Å². The molecule has 1 fully saturated rings. The Morgan fingerprint density at radius 1 is 1.15 bits per heavy atom. The van der Waals surface area contributed by atoms with Crippen LogP contribution in [0.15, 0.2) is 36.7 Å². The van der Waals surface area contributed by atoms with Crippen molar-refractivity contribution in [3.05, 3.63) is 42.2 Å². The van der Waals surface area contributed by atoms with Gasteiger partial charge in [0.2, 0.25) is 0 Å². The molecule has 26 heavy (non-hydrogen) atoms. The minimum atomic E-state index is -0.0700. The highest BCUT2D eigenvalue weighted by Crippen LogP contribution is 2.29. The Hall–Kier alpha value is -2.63. The van der Waals surface area contributed by atoms with Gasteiger partial charge in [0.15, 0.2) is 5.82 Å². The Morgan fingerprint density at radius 3 is 2.54 bits per heavy atom. The van der Waals surface area contributed by atoms with Crippen LogP contribution in [0.4, 0.5) is 5.82 Å². The second-order valence-electron chi connectivity index (χ2n) is 6.64. The number of aromatic nitrogens is 2. The van der Waals surface area contributed by atoms with Gasteiger partial charge in [0.25, 0.3) is 11.8 Å². The summed E-state index contributed by atoms with van der Waals surface area (Å²) in [5.74, 6) is 1.86. The van der Waals surface area contributed by atoms with Crippen molar-refractivity contribution in [2.75, 3.05) is 18.0 Å². The van der Waals surface area contributed by atoms with E-state index in [0.717, 1.165) is 38.2 Å². The van der Waals surface area contributed by atoms with Crippen LogP contribution in [0.3, 0.4) is 0 Å². The number of nitrogens with one attached hydrogen (secondary N) is 1. The van der Waals surface area contributed by atoms with Crippen LogP contribution in [0.5, 0.6) is 11.6 Å². The zero-order valence-electron chi connectivity index (χ0n) is 15.4. The molecule has 1 aliphatic rings. The van der Waals surface area contributed by atoms with E-state index in [-0.39, 0.29) is 11.9 Å². The van der Waals surface area contributed by atoms with Crippen molar-refractivity contribution in [1.82, 2.24) is 15.3 Å². The van der Waals surface area contributed by atoms with Gasteiger partial charge in [0.1, 0.15) is 5.75 Å². The molecule has 3 rings (SSSR count). The average molecular weight is 354 g/mol. The fourth-order valence-corrected chi connectivity index (χ4v) is 2.91. The summed E-state index contributed by atoms with van der Waals surface area (Å²) in [7, 11) is 0. The molecule has 1 saturated heterocycles. The summed E-state index contributed by atoms with van der Waals surface area (Å²) >= 11 is 0. The van der Waals surface area contributed by atoms with Gasteiger partial charge in [0.05, 0.1) is 0 Å². The maximum Gasteiger partial charge on any atom is 0.263 e. The standard InChI is InChI=1S/C20H26N4O2/c1-3-15(2)23-19(25)16-7-9-17(10-8-16)26-20-18(21-11-12-22-20)24-13-5-4-6-14-24/h7-12,15H,3-6,13-14H2,1-2H3,(H,23,25). The van der Waals surface area contributed by atoms with Crippen molar-refractivity contribution < 1.29 is 9.53 Å². The summed E-state index contributed by atoms with van der Waals surface area (Å²) in [6, 6.07) is 7.28. The number of anilines is 1. The molecule has 2 heterocycles. The predicted octanol–water partition coefficient (Wildman–Crippen LogP) is 3.79. The Bertz CT molecular complexity index is 727. The third-order valence-electron chi connectivity index (χ3n) is 4.62. The topological polar surface area (TPSA) is 67.3 Å². The van der Waals surface area contributed by atoms with Gasteiger partial charge in [-0.2, -0.15) is 0 Å². The number of carbonyl (C=O) groups is 1. The Morgan fingerprint density at radius 2 is 1.85 bits per heavy atom. The Labute approximate surface area is 154 Å². The molecule has 1 N–H and O–H groups in total. The summed E-state index contributed by atoms with van der Waals surface area (Å²) in [4.78, 5) is 23.2. The number of ether oxygens (including phenoxy) is 1. The molecule has 1 unspecified atom stereocenters. The molecule has 1 aromatic carbocycles. The van der Waals surface area contributed by atoms with E-state index in [0.29, 0.717) is 17.2 Å². The largest absolute Gasteiger partial charge is 0.436 e. The number of hydrogen-bond acceptors (Lipinski definition) is 5. The van der Waals surface area contributed by atoms with Crippen LogP contribution in [-0.4, -0.2) is 35.0 Å². The van der Waals surface area contributed by atoms with Crippen molar-refractivity contribution in [2.45, 2.75) is 45.6 Å². The van der Waals surface area contributed by atoms with Gasteiger partial charge in [-0.25, -0.2) is 9.97 Å². The molecule has 1 amide bonds. The van der Waals surface area contributed by atoms with Crippen molar-refractivity contribution in [3.63, 3.8) is 0 Å². The summed E-state index contributed by atoms with van der Waals surface area (Å²) in [5.41, 5.74) is 0.619. The minimum absolute atomic E-state index is 0.0700. The number of carbonyl (C=O) groups excluding carboxylic acids is 1. The van der Waals surface area contributed by atoms with Crippen LogP contribution < -0.4 is 15.0 Å². The van der Waals surface area contributed by atoms with E-state index >= 15 is 0 Å². The molecule has 0 radical (unpaired) electrons. The lowest BCUT2D eigenvalue weighted by Crippen LogP contribution is -2.31. The number of benzene rings is 1. The predicted molar refractivity (Wildman–Crippen MR) is 102 cm³/mol. The molecule has 1 atom stereocenters. The quantitative estimate of drug-likeness (QED) is 0.855. The molecule has 0 bridgehead atoms. The highest BCUT2D eigenvalue weighted by molar-refractivity contribution is 5.94. The second kappa shape index (κ2) is 8.65. The van der Waals surface area contributed by atoms with E-state index in [2.05, 4.69) is 20.2 Å². The third-order valence-corrected chi connectivity index (χ3v) is 4.62. The van der Waals surface area contributed by atoms with Crippen molar-refractivity contribution >= 4 is 11.7 Å². The molecule has 0 aliphatic carbocycles. The molecule has 6 heteroatoms. The highest BCUT2D eigenvalue weighted by Gasteiger charge is 2.18. The zero-order chi connectivity index (χ0) is 18.4. The Balaban J connectivity index is 1.70. The third kappa shape index (κ3) is 4.50. The number of piperidine rings is 1.